The third kappa shape index (κ3) is 3.89. The number of nitrogens with zero attached hydrogens (tertiary/aromatic N) is 5. The zero-order valence-electron chi connectivity index (χ0n) is 15.0. The van der Waals surface area contributed by atoms with Crippen LogP contribution in [-0.4, -0.2) is 51.3 Å². The van der Waals surface area contributed by atoms with Crippen LogP contribution in [0.25, 0.3) is 0 Å². The minimum absolute atomic E-state index is 0.0227. The molecule has 2 heterocycles. The molecule has 28 heavy (non-hydrogen) atoms. The predicted molar refractivity (Wildman–Crippen MR) is 105 cm³/mol. The van der Waals surface area contributed by atoms with Crippen molar-refractivity contribution in [1.29, 1.82) is 0 Å². The Bertz CT molecular complexity index is 1000. The van der Waals surface area contributed by atoms with Crippen LogP contribution in [0.1, 0.15) is 16.1 Å². The van der Waals surface area contributed by atoms with Gasteiger partial charge in [0.2, 0.25) is 5.91 Å². The first-order valence-corrected chi connectivity index (χ1v) is 9.27. The average molecular weight is 396 g/mol. The molecule has 2 amide bonds. The van der Waals surface area contributed by atoms with Crippen LogP contribution in [0.15, 0.2) is 60.8 Å². The summed E-state index contributed by atoms with van der Waals surface area (Å²) in [6, 6.07) is 16.9. The highest BCUT2D eigenvalue weighted by atomic mass is 35.5. The maximum absolute atomic E-state index is 12.7. The van der Waals surface area contributed by atoms with E-state index < -0.39 is 0 Å². The summed E-state index contributed by atoms with van der Waals surface area (Å²) in [5, 5.41) is 8.64. The van der Waals surface area contributed by atoms with Crippen molar-refractivity contribution in [2.75, 3.05) is 24.5 Å². The van der Waals surface area contributed by atoms with Crippen molar-refractivity contribution < 1.29 is 9.59 Å². The molecule has 142 valence electrons. The Morgan fingerprint density at radius 3 is 2.64 bits per heavy atom. The molecule has 0 atom stereocenters. The van der Waals surface area contributed by atoms with E-state index in [0.29, 0.717) is 24.7 Å². The van der Waals surface area contributed by atoms with Gasteiger partial charge in [-0.25, -0.2) is 4.68 Å². The fourth-order valence-corrected chi connectivity index (χ4v) is 3.40. The molecule has 0 saturated carbocycles. The number of rotatable bonds is 4. The van der Waals surface area contributed by atoms with Gasteiger partial charge in [-0.1, -0.05) is 47.1 Å². The lowest BCUT2D eigenvalue weighted by Crippen LogP contribution is -2.52. The van der Waals surface area contributed by atoms with Gasteiger partial charge in [-0.3, -0.25) is 9.59 Å². The fourth-order valence-electron chi connectivity index (χ4n) is 3.19. The Labute approximate surface area is 167 Å². The third-order valence-corrected chi connectivity index (χ3v) is 4.80. The van der Waals surface area contributed by atoms with Gasteiger partial charge in [-0.15, -0.1) is 5.10 Å². The van der Waals surface area contributed by atoms with Crippen molar-refractivity contribution >= 4 is 29.1 Å². The van der Waals surface area contributed by atoms with E-state index in [1.807, 2.05) is 48.5 Å². The molecule has 3 aromatic rings. The van der Waals surface area contributed by atoms with Crippen LogP contribution >= 0.6 is 11.6 Å². The first-order valence-electron chi connectivity index (χ1n) is 8.89. The molecule has 4 rings (SSSR count). The molecular formula is C20H18ClN5O2. The van der Waals surface area contributed by atoms with Gasteiger partial charge < -0.3 is 9.80 Å². The number of hydrogen-bond donors (Lipinski definition) is 0. The Morgan fingerprint density at radius 1 is 1.07 bits per heavy atom. The quantitative estimate of drug-likeness (QED) is 0.680. The SMILES string of the molecule is O=C(c1cn(Cc2cccc(Cl)c2)nn1)N1CCN(c2ccccc2)C(=O)C1. The van der Waals surface area contributed by atoms with Gasteiger partial charge in [0.1, 0.15) is 6.54 Å². The zero-order valence-corrected chi connectivity index (χ0v) is 15.8. The average Bonchev–Trinajstić information content (AvgIpc) is 3.16. The number of aromatic nitrogens is 3. The summed E-state index contributed by atoms with van der Waals surface area (Å²) in [5.41, 5.74) is 2.03. The molecule has 1 aliphatic heterocycles. The lowest BCUT2D eigenvalue weighted by molar-refractivity contribution is -0.120. The van der Waals surface area contributed by atoms with Gasteiger partial charge in [0, 0.05) is 23.8 Å². The van der Waals surface area contributed by atoms with Crippen LogP contribution in [0.2, 0.25) is 5.02 Å². The van der Waals surface area contributed by atoms with E-state index in [1.165, 1.54) is 4.90 Å². The zero-order chi connectivity index (χ0) is 19.5. The highest BCUT2D eigenvalue weighted by Crippen LogP contribution is 2.17. The van der Waals surface area contributed by atoms with E-state index >= 15 is 0 Å². The van der Waals surface area contributed by atoms with Gasteiger partial charge in [0.05, 0.1) is 12.7 Å². The first kappa shape index (κ1) is 18.2. The van der Waals surface area contributed by atoms with E-state index in [2.05, 4.69) is 10.3 Å². The van der Waals surface area contributed by atoms with Crippen molar-refractivity contribution in [2.24, 2.45) is 0 Å². The van der Waals surface area contributed by atoms with E-state index in [0.717, 1.165) is 11.3 Å². The number of benzene rings is 2. The number of carbonyl (C=O) groups excluding carboxylic acids is 2. The van der Waals surface area contributed by atoms with Crippen molar-refractivity contribution in [3.05, 3.63) is 77.1 Å². The van der Waals surface area contributed by atoms with E-state index in [9.17, 15) is 9.59 Å². The Balaban J connectivity index is 1.41. The number of amides is 2. The molecule has 1 aliphatic rings. The number of halogens is 1. The van der Waals surface area contributed by atoms with Crippen molar-refractivity contribution in [3.63, 3.8) is 0 Å². The topological polar surface area (TPSA) is 71.3 Å². The number of piperazine rings is 1. The van der Waals surface area contributed by atoms with Gasteiger partial charge in [0.25, 0.3) is 5.91 Å². The largest absolute Gasteiger partial charge is 0.326 e. The van der Waals surface area contributed by atoms with Gasteiger partial charge in [0.15, 0.2) is 5.69 Å². The molecule has 1 aromatic heterocycles. The summed E-state index contributed by atoms with van der Waals surface area (Å²) in [7, 11) is 0. The second-order valence-corrected chi connectivity index (χ2v) is 6.98. The molecule has 0 N–H and O–H groups in total. The van der Waals surface area contributed by atoms with Crippen LogP contribution in [0, 0.1) is 0 Å². The normalized spacial score (nSPS) is 14.4. The number of hydrogen-bond acceptors (Lipinski definition) is 4. The van der Waals surface area contributed by atoms with Crippen LogP contribution in [0.3, 0.4) is 0 Å². The molecule has 0 aliphatic carbocycles. The second-order valence-electron chi connectivity index (χ2n) is 6.54. The molecule has 1 fully saturated rings. The van der Waals surface area contributed by atoms with Crippen molar-refractivity contribution in [2.45, 2.75) is 6.54 Å². The van der Waals surface area contributed by atoms with Gasteiger partial charge >= 0.3 is 0 Å². The smallest absolute Gasteiger partial charge is 0.276 e. The second kappa shape index (κ2) is 7.82. The lowest BCUT2D eigenvalue weighted by Gasteiger charge is -2.33. The maximum atomic E-state index is 12.7. The molecule has 0 spiro atoms. The summed E-state index contributed by atoms with van der Waals surface area (Å²) in [5.74, 6) is -0.407. The third-order valence-electron chi connectivity index (χ3n) is 4.57. The highest BCUT2D eigenvalue weighted by Gasteiger charge is 2.29. The Hall–Kier alpha value is -3.19. The van der Waals surface area contributed by atoms with Gasteiger partial charge in [-0.2, -0.15) is 0 Å². The number of carbonyl (C=O) groups is 2. The van der Waals surface area contributed by atoms with Crippen LogP contribution in [0.4, 0.5) is 5.69 Å². The summed E-state index contributed by atoms with van der Waals surface area (Å²) in [6.07, 6.45) is 1.59. The standard InChI is InChI=1S/C20H18ClN5O2/c21-16-6-4-5-15(11-16)12-25-13-18(22-23-25)20(28)24-9-10-26(19(27)14-24)17-7-2-1-3-8-17/h1-8,11,13H,9-10,12,14H2. The van der Waals surface area contributed by atoms with Crippen LogP contribution in [0.5, 0.6) is 0 Å². The maximum Gasteiger partial charge on any atom is 0.276 e. The van der Waals surface area contributed by atoms with Crippen molar-refractivity contribution in [3.8, 4) is 0 Å². The Kier molecular flexibility index (Phi) is 5.08. The lowest BCUT2D eigenvalue weighted by atomic mass is 10.2. The number of para-hydroxylation sites is 1. The molecule has 0 unspecified atom stereocenters. The van der Waals surface area contributed by atoms with E-state index in [4.69, 9.17) is 11.6 Å². The van der Waals surface area contributed by atoms with E-state index in [1.54, 1.807) is 21.8 Å². The predicted octanol–water partition coefficient (Wildman–Crippen LogP) is 2.47. The molecule has 0 bridgehead atoms. The molecule has 8 heteroatoms. The van der Waals surface area contributed by atoms with Crippen LogP contribution in [-0.2, 0) is 11.3 Å². The van der Waals surface area contributed by atoms with Gasteiger partial charge in [-0.05, 0) is 29.8 Å². The monoisotopic (exact) mass is 395 g/mol. The molecule has 0 radical (unpaired) electrons. The number of anilines is 1. The summed E-state index contributed by atoms with van der Waals surface area (Å²) < 4.78 is 1.58. The summed E-state index contributed by atoms with van der Waals surface area (Å²) >= 11 is 6.00. The minimum atomic E-state index is -0.293. The molecular weight excluding hydrogens is 378 g/mol. The van der Waals surface area contributed by atoms with E-state index in [-0.39, 0.29) is 24.1 Å². The molecule has 1 saturated heterocycles. The fraction of sp³-hybridized carbons (Fsp3) is 0.200. The minimum Gasteiger partial charge on any atom is -0.326 e. The summed E-state index contributed by atoms with van der Waals surface area (Å²) in [4.78, 5) is 28.4. The highest BCUT2D eigenvalue weighted by molar-refractivity contribution is 6.30. The molecule has 2 aromatic carbocycles. The van der Waals surface area contributed by atoms with Crippen LogP contribution < -0.4 is 4.90 Å². The first-order chi connectivity index (χ1) is 13.6. The summed E-state index contributed by atoms with van der Waals surface area (Å²) in [6.45, 7) is 1.38. The van der Waals surface area contributed by atoms with Crippen molar-refractivity contribution in [1.82, 2.24) is 19.9 Å². The Morgan fingerprint density at radius 2 is 1.89 bits per heavy atom. The molecule has 7 nitrogen and oxygen atoms in total.